The van der Waals surface area contributed by atoms with Crippen molar-refractivity contribution in [1.82, 2.24) is 4.98 Å². The summed E-state index contributed by atoms with van der Waals surface area (Å²) in [5.41, 5.74) is 5.58. The van der Waals surface area contributed by atoms with Crippen LogP contribution in [-0.2, 0) is 0 Å². The van der Waals surface area contributed by atoms with E-state index in [1.54, 1.807) is 6.20 Å². The minimum Gasteiger partial charge on any atom is -0.389 e. The zero-order valence-corrected chi connectivity index (χ0v) is 9.54. The molecule has 1 unspecified atom stereocenters. The third-order valence-electron chi connectivity index (χ3n) is 1.71. The van der Waals surface area contributed by atoms with Gasteiger partial charge in [-0.2, -0.15) is 11.8 Å². The Bertz CT molecular complexity index is 249. The standard InChI is InChI=1S/C8H15N3S2/c1-3-6(5-12-2)11-8-10-4-7(9)13-8/h4,6H,3,5,9H2,1-2H3,(H,10,11). The molecule has 1 aromatic heterocycles. The van der Waals surface area contributed by atoms with E-state index >= 15 is 0 Å². The molecule has 74 valence electrons. The van der Waals surface area contributed by atoms with Crippen molar-refractivity contribution in [3.63, 3.8) is 0 Å². The third kappa shape index (κ3) is 3.44. The quantitative estimate of drug-likeness (QED) is 0.794. The van der Waals surface area contributed by atoms with Gasteiger partial charge in [0.25, 0.3) is 0 Å². The van der Waals surface area contributed by atoms with Gasteiger partial charge in [-0.3, -0.25) is 0 Å². The molecule has 0 spiro atoms. The van der Waals surface area contributed by atoms with Crippen LogP contribution in [0.15, 0.2) is 6.20 Å². The van der Waals surface area contributed by atoms with Crippen LogP contribution in [0.3, 0.4) is 0 Å². The Balaban J connectivity index is 2.46. The molecule has 1 heterocycles. The predicted molar refractivity (Wildman–Crippen MR) is 62.6 cm³/mol. The Hall–Kier alpha value is -0.420. The summed E-state index contributed by atoms with van der Waals surface area (Å²) in [6, 6.07) is 0.501. The Kier molecular flexibility index (Phi) is 4.38. The van der Waals surface area contributed by atoms with Crippen molar-refractivity contribution in [2.24, 2.45) is 0 Å². The topological polar surface area (TPSA) is 50.9 Å². The fourth-order valence-corrected chi connectivity index (χ4v) is 2.37. The minimum atomic E-state index is 0.501. The second-order valence-electron chi connectivity index (χ2n) is 2.77. The number of thioether (sulfide) groups is 1. The molecular weight excluding hydrogens is 202 g/mol. The van der Waals surface area contributed by atoms with E-state index in [0.29, 0.717) is 6.04 Å². The molecule has 1 aromatic rings. The van der Waals surface area contributed by atoms with Gasteiger partial charge in [0.05, 0.1) is 6.20 Å². The minimum absolute atomic E-state index is 0.501. The number of hydrogen-bond donors (Lipinski definition) is 2. The fourth-order valence-electron chi connectivity index (χ4n) is 0.991. The van der Waals surface area contributed by atoms with Crippen LogP contribution in [0.2, 0.25) is 0 Å². The summed E-state index contributed by atoms with van der Waals surface area (Å²) in [6.45, 7) is 2.17. The first kappa shape index (κ1) is 10.7. The zero-order valence-electron chi connectivity index (χ0n) is 7.91. The highest BCUT2D eigenvalue weighted by atomic mass is 32.2. The maximum Gasteiger partial charge on any atom is 0.184 e. The van der Waals surface area contributed by atoms with E-state index in [4.69, 9.17) is 5.73 Å². The number of nitrogens with zero attached hydrogens (tertiary/aromatic N) is 1. The van der Waals surface area contributed by atoms with Crippen molar-refractivity contribution >= 4 is 33.2 Å². The number of nitrogens with one attached hydrogen (secondary N) is 1. The second-order valence-corrected chi connectivity index (χ2v) is 4.75. The molecule has 5 heteroatoms. The first-order chi connectivity index (χ1) is 6.26. The number of rotatable bonds is 5. The Morgan fingerprint density at radius 1 is 1.77 bits per heavy atom. The average Bonchev–Trinajstić information content (AvgIpc) is 2.50. The first-order valence-corrected chi connectivity index (χ1v) is 6.44. The summed E-state index contributed by atoms with van der Waals surface area (Å²) in [5.74, 6) is 1.11. The lowest BCUT2D eigenvalue weighted by molar-refractivity contribution is 0.773. The van der Waals surface area contributed by atoms with Crippen molar-refractivity contribution in [2.45, 2.75) is 19.4 Å². The molecule has 1 atom stereocenters. The Morgan fingerprint density at radius 2 is 2.54 bits per heavy atom. The number of aromatic nitrogens is 1. The zero-order chi connectivity index (χ0) is 9.68. The molecule has 0 aliphatic heterocycles. The highest BCUT2D eigenvalue weighted by molar-refractivity contribution is 7.98. The van der Waals surface area contributed by atoms with Gasteiger partial charge in [0.2, 0.25) is 0 Å². The predicted octanol–water partition coefficient (Wildman–Crippen LogP) is 2.28. The summed E-state index contributed by atoms with van der Waals surface area (Å²) in [6.07, 6.45) is 4.92. The molecule has 1 rings (SSSR count). The molecule has 0 radical (unpaired) electrons. The van der Waals surface area contributed by atoms with Gasteiger partial charge < -0.3 is 11.1 Å². The van der Waals surface area contributed by atoms with Crippen LogP contribution < -0.4 is 11.1 Å². The molecule has 0 saturated carbocycles. The highest BCUT2D eigenvalue weighted by Crippen LogP contribution is 2.21. The van der Waals surface area contributed by atoms with Crippen LogP contribution in [0.4, 0.5) is 10.1 Å². The molecule has 0 amide bonds. The summed E-state index contributed by atoms with van der Waals surface area (Å²) in [4.78, 5) is 4.16. The SMILES string of the molecule is CCC(CSC)Nc1ncc(N)s1. The lowest BCUT2D eigenvalue weighted by Crippen LogP contribution is -2.20. The molecule has 0 aliphatic carbocycles. The van der Waals surface area contributed by atoms with Crippen LogP contribution in [-0.4, -0.2) is 23.0 Å². The lowest BCUT2D eigenvalue weighted by atomic mass is 10.3. The van der Waals surface area contributed by atoms with Gasteiger partial charge in [0, 0.05) is 11.8 Å². The molecule has 0 bridgehead atoms. The molecular formula is C8H15N3S2. The third-order valence-corrected chi connectivity index (χ3v) is 3.21. The molecule has 3 N–H and O–H groups in total. The van der Waals surface area contributed by atoms with Gasteiger partial charge >= 0.3 is 0 Å². The first-order valence-electron chi connectivity index (χ1n) is 4.23. The van der Waals surface area contributed by atoms with Gasteiger partial charge in [-0.15, -0.1) is 0 Å². The second kappa shape index (κ2) is 5.34. The van der Waals surface area contributed by atoms with Gasteiger partial charge in [-0.25, -0.2) is 4.98 Å². The van der Waals surface area contributed by atoms with Crippen molar-refractivity contribution in [3.05, 3.63) is 6.20 Å². The van der Waals surface area contributed by atoms with Gasteiger partial charge in [0.1, 0.15) is 5.00 Å². The average molecular weight is 217 g/mol. The van der Waals surface area contributed by atoms with Crippen LogP contribution in [0.25, 0.3) is 0 Å². The van der Waals surface area contributed by atoms with Crippen molar-refractivity contribution < 1.29 is 0 Å². The Labute approximate surface area is 87.1 Å². The summed E-state index contributed by atoms with van der Waals surface area (Å²) < 4.78 is 0. The van der Waals surface area contributed by atoms with Crippen LogP contribution in [0, 0.1) is 0 Å². The lowest BCUT2D eigenvalue weighted by Gasteiger charge is -2.14. The van der Waals surface area contributed by atoms with Crippen molar-refractivity contribution in [2.75, 3.05) is 23.1 Å². The van der Waals surface area contributed by atoms with E-state index < -0.39 is 0 Å². The Morgan fingerprint density at radius 3 is 3.00 bits per heavy atom. The molecule has 0 aliphatic rings. The number of nitrogens with two attached hydrogens (primary N) is 1. The van der Waals surface area contributed by atoms with Crippen molar-refractivity contribution in [3.8, 4) is 0 Å². The van der Waals surface area contributed by atoms with Gasteiger partial charge in [-0.05, 0) is 12.7 Å². The number of thiazole rings is 1. The van der Waals surface area contributed by atoms with Crippen LogP contribution in [0.5, 0.6) is 0 Å². The smallest absolute Gasteiger partial charge is 0.184 e. The van der Waals surface area contributed by atoms with Crippen LogP contribution in [0.1, 0.15) is 13.3 Å². The maximum absolute atomic E-state index is 5.58. The van der Waals surface area contributed by atoms with Gasteiger partial charge in [0.15, 0.2) is 5.13 Å². The van der Waals surface area contributed by atoms with E-state index in [1.807, 2.05) is 11.8 Å². The highest BCUT2D eigenvalue weighted by Gasteiger charge is 2.06. The maximum atomic E-state index is 5.58. The number of hydrogen-bond acceptors (Lipinski definition) is 5. The number of nitrogen functional groups attached to an aromatic ring is 1. The summed E-state index contributed by atoms with van der Waals surface area (Å²) >= 11 is 3.35. The number of anilines is 2. The van der Waals surface area contributed by atoms with E-state index in [2.05, 4.69) is 23.5 Å². The fraction of sp³-hybridized carbons (Fsp3) is 0.625. The molecule has 3 nitrogen and oxygen atoms in total. The monoisotopic (exact) mass is 217 g/mol. The molecule has 0 saturated heterocycles. The van der Waals surface area contributed by atoms with Crippen LogP contribution >= 0.6 is 23.1 Å². The van der Waals surface area contributed by atoms with E-state index in [0.717, 1.165) is 22.3 Å². The summed E-state index contributed by atoms with van der Waals surface area (Å²) in [7, 11) is 0. The molecule has 13 heavy (non-hydrogen) atoms. The van der Waals surface area contributed by atoms with E-state index in [1.165, 1.54) is 11.3 Å². The molecule has 0 fully saturated rings. The molecule has 0 aromatic carbocycles. The largest absolute Gasteiger partial charge is 0.389 e. The van der Waals surface area contributed by atoms with Crippen molar-refractivity contribution in [1.29, 1.82) is 0 Å². The normalized spacial score (nSPS) is 12.8. The van der Waals surface area contributed by atoms with Gasteiger partial charge in [-0.1, -0.05) is 18.3 Å². The summed E-state index contributed by atoms with van der Waals surface area (Å²) in [5, 5.41) is 5.05. The van der Waals surface area contributed by atoms with E-state index in [-0.39, 0.29) is 0 Å². The van der Waals surface area contributed by atoms with E-state index in [9.17, 15) is 0 Å².